The number of hydrogen-bond donors (Lipinski definition) is 1. The van der Waals surface area contributed by atoms with Crippen LogP contribution in [0.1, 0.15) is 43.0 Å². The molecule has 0 bridgehead atoms. The number of hydrogen-bond acceptors (Lipinski definition) is 2. The van der Waals surface area contributed by atoms with Crippen LogP contribution in [0.15, 0.2) is 53.4 Å². The summed E-state index contributed by atoms with van der Waals surface area (Å²) in [6.07, 6.45) is 1.13. The first-order valence-corrected chi connectivity index (χ1v) is 8.73. The van der Waals surface area contributed by atoms with Gasteiger partial charge in [-0.05, 0) is 43.1 Å². The summed E-state index contributed by atoms with van der Waals surface area (Å²) in [6, 6.07) is 18.2. The second kappa shape index (κ2) is 8.26. The highest BCUT2D eigenvalue weighted by Gasteiger charge is 2.07. The van der Waals surface area contributed by atoms with Gasteiger partial charge in [0.05, 0.1) is 0 Å². The highest BCUT2D eigenvalue weighted by Crippen LogP contribution is 2.25. The maximum absolute atomic E-state index is 3.53. The van der Waals surface area contributed by atoms with Crippen LogP contribution in [0.5, 0.6) is 0 Å². The van der Waals surface area contributed by atoms with E-state index in [1.54, 1.807) is 0 Å². The largest absolute Gasteiger partial charge is 0.310 e. The molecular formula is C19H25NS. The van der Waals surface area contributed by atoms with Crippen molar-refractivity contribution >= 4 is 11.8 Å². The molecular weight excluding hydrogens is 274 g/mol. The molecule has 2 rings (SSSR count). The fourth-order valence-corrected chi connectivity index (χ4v) is 3.35. The van der Waals surface area contributed by atoms with Crippen LogP contribution >= 0.6 is 11.8 Å². The topological polar surface area (TPSA) is 12.0 Å². The molecule has 2 aromatic carbocycles. The van der Waals surface area contributed by atoms with Gasteiger partial charge in [-0.25, -0.2) is 0 Å². The average Bonchev–Trinajstić information content (AvgIpc) is 2.51. The Hall–Kier alpha value is -1.25. The van der Waals surface area contributed by atoms with E-state index in [1.165, 1.54) is 21.6 Å². The molecule has 112 valence electrons. The minimum absolute atomic E-state index is 0.478. The Morgan fingerprint density at radius 1 is 1.05 bits per heavy atom. The number of aryl methyl sites for hydroxylation is 1. The van der Waals surface area contributed by atoms with Gasteiger partial charge < -0.3 is 5.32 Å². The average molecular weight is 299 g/mol. The molecule has 0 amide bonds. The minimum atomic E-state index is 0.478. The summed E-state index contributed by atoms with van der Waals surface area (Å²) in [4.78, 5) is 1.34. The van der Waals surface area contributed by atoms with E-state index in [2.05, 4.69) is 74.6 Å². The van der Waals surface area contributed by atoms with Gasteiger partial charge in [0, 0.05) is 16.7 Å². The lowest BCUT2D eigenvalue weighted by Crippen LogP contribution is -2.19. The van der Waals surface area contributed by atoms with Crippen LogP contribution < -0.4 is 5.32 Å². The second-order valence-corrected chi connectivity index (χ2v) is 6.41. The molecule has 1 N–H and O–H groups in total. The molecule has 0 fully saturated rings. The summed E-state index contributed by atoms with van der Waals surface area (Å²) >= 11 is 1.90. The molecule has 2 aromatic rings. The smallest absolute Gasteiger partial charge is 0.0317 e. The fraction of sp³-hybridized carbons (Fsp3) is 0.368. The van der Waals surface area contributed by atoms with Crippen molar-refractivity contribution in [2.24, 2.45) is 0 Å². The van der Waals surface area contributed by atoms with Gasteiger partial charge in [-0.1, -0.05) is 55.8 Å². The highest BCUT2D eigenvalue weighted by molar-refractivity contribution is 7.98. The van der Waals surface area contributed by atoms with Crippen LogP contribution in [-0.2, 0) is 5.75 Å². The van der Waals surface area contributed by atoms with Crippen LogP contribution in [0.2, 0.25) is 0 Å². The Balaban J connectivity index is 1.96. The van der Waals surface area contributed by atoms with E-state index in [4.69, 9.17) is 0 Å². The van der Waals surface area contributed by atoms with Gasteiger partial charge in [0.1, 0.15) is 0 Å². The minimum Gasteiger partial charge on any atom is -0.310 e. The van der Waals surface area contributed by atoms with Gasteiger partial charge in [0.2, 0.25) is 0 Å². The standard InChI is InChI=1S/C19H25NS/c1-4-19(20-5-2)17-9-11-18(12-10-17)21-14-16-8-6-7-15(3)13-16/h6-13,19-20H,4-5,14H2,1-3H3. The molecule has 1 nitrogen and oxygen atoms in total. The quantitative estimate of drug-likeness (QED) is 0.692. The summed E-state index contributed by atoms with van der Waals surface area (Å²) in [5.74, 6) is 1.03. The van der Waals surface area contributed by atoms with Crippen molar-refractivity contribution in [3.05, 3.63) is 65.2 Å². The maximum Gasteiger partial charge on any atom is 0.0317 e. The van der Waals surface area contributed by atoms with Crippen molar-refractivity contribution in [1.29, 1.82) is 0 Å². The van der Waals surface area contributed by atoms with Gasteiger partial charge in [-0.2, -0.15) is 0 Å². The summed E-state index contributed by atoms with van der Waals surface area (Å²) in [7, 11) is 0. The molecule has 0 radical (unpaired) electrons. The fourth-order valence-electron chi connectivity index (χ4n) is 2.51. The zero-order chi connectivity index (χ0) is 15.1. The molecule has 0 aliphatic heterocycles. The van der Waals surface area contributed by atoms with Crippen molar-refractivity contribution in [2.45, 2.75) is 43.9 Å². The highest BCUT2D eigenvalue weighted by atomic mass is 32.2. The molecule has 0 saturated heterocycles. The van der Waals surface area contributed by atoms with E-state index >= 15 is 0 Å². The second-order valence-electron chi connectivity index (χ2n) is 5.37. The molecule has 1 unspecified atom stereocenters. The van der Waals surface area contributed by atoms with E-state index in [1.807, 2.05) is 11.8 Å². The molecule has 2 heteroatoms. The zero-order valence-corrected chi connectivity index (χ0v) is 14.0. The molecule has 0 saturated carbocycles. The summed E-state index contributed by atoms with van der Waals surface area (Å²) in [5, 5.41) is 3.53. The lowest BCUT2D eigenvalue weighted by atomic mass is 10.1. The predicted octanol–water partition coefficient (Wildman–Crippen LogP) is 5.35. The Morgan fingerprint density at radius 3 is 2.43 bits per heavy atom. The third-order valence-corrected chi connectivity index (χ3v) is 4.71. The first kappa shape index (κ1) is 16.1. The van der Waals surface area contributed by atoms with Crippen LogP contribution in [0.25, 0.3) is 0 Å². The Labute approximate surface area is 133 Å². The lowest BCUT2D eigenvalue weighted by Gasteiger charge is -2.16. The van der Waals surface area contributed by atoms with Crippen molar-refractivity contribution < 1.29 is 0 Å². The monoisotopic (exact) mass is 299 g/mol. The Morgan fingerprint density at radius 2 is 1.81 bits per heavy atom. The van der Waals surface area contributed by atoms with Crippen LogP contribution in [0.3, 0.4) is 0 Å². The summed E-state index contributed by atoms with van der Waals surface area (Å²) in [6.45, 7) is 7.55. The number of benzene rings is 2. The van der Waals surface area contributed by atoms with Crippen molar-refractivity contribution in [2.75, 3.05) is 6.54 Å². The number of nitrogens with one attached hydrogen (secondary N) is 1. The first-order chi connectivity index (χ1) is 10.2. The van der Waals surface area contributed by atoms with Crippen LogP contribution in [0, 0.1) is 6.92 Å². The van der Waals surface area contributed by atoms with E-state index in [9.17, 15) is 0 Å². The van der Waals surface area contributed by atoms with Crippen LogP contribution in [-0.4, -0.2) is 6.54 Å². The number of thioether (sulfide) groups is 1. The predicted molar refractivity (Wildman–Crippen MR) is 93.9 cm³/mol. The first-order valence-electron chi connectivity index (χ1n) is 7.74. The van der Waals surface area contributed by atoms with Crippen molar-refractivity contribution in [3.63, 3.8) is 0 Å². The maximum atomic E-state index is 3.53. The van der Waals surface area contributed by atoms with E-state index in [0.717, 1.165) is 18.7 Å². The third kappa shape index (κ3) is 4.90. The molecule has 0 aliphatic carbocycles. The normalized spacial score (nSPS) is 12.3. The van der Waals surface area contributed by atoms with Crippen LogP contribution in [0.4, 0.5) is 0 Å². The summed E-state index contributed by atoms with van der Waals surface area (Å²) in [5.41, 5.74) is 4.11. The SMILES string of the molecule is CCNC(CC)c1ccc(SCc2cccc(C)c2)cc1. The van der Waals surface area contributed by atoms with Gasteiger partial charge in [0.15, 0.2) is 0 Å². The molecule has 21 heavy (non-hydrogen) atoms. The van der Waals surface area contributed by atoms with Gasteiger partial charge in [-0.3, -0.25) is 0 Å². The van der Waals surface area contributed by atoms with Gasteiger partial charge >= 0.3 is 0 Å². The molecule has 0 spiro atoms. The molecule has 0 aromatic heterocycles. The Kier molecular flexibility index (Phi) is 6.34. The molecule has 1 atom stereocenters. The molecule has 0 aliphatic rings. The summed E-state index contributed by atoms with van der Waals surface area (Å²) < 4.78 is 0. The zero-order valence-electron chi connectivity index (χ0n) is 13.2. The van der Waals surface area contributed by atoms with Crippen molar-refractivity contribution in [1.82, 2.24) is 5.32 Å². The van der Waals surface area contributed by atoms with E-state index < -0.39 is 0 Å². The third-order valence-electron chi connectivity index (χ3n) is 3.63. The van der Waals surface area contributed by atoms with E-state index in [-0.39, 0.29) is 0 Å². The lowest BCUT2D eigenvalue weighted by molar-refractivity contribution is 0.537. The van der Waals surface area contributed by atoms with Crippen molar-refractivity contribution in [3.8, 4) is 0 Å². The van der Waals surface area contributed by atoms with Gasteiger partial charge in [-0.15, -0.1) is 11.8 Å². The number of rotatable bonds is 7. The van der Waals surface area contributed by atoms with E-state index in [0.29, 0.717) is 6.04 Å². The van der Waals surface area contributed by atoms with Gasteiger partial charge in [0.25, 0.3) is 0 Å². The molecule has 0 heterocycles. The Bertz CT molecular complexity index is 548.